The molecule has 0 unspecified atom stereocenters. The van der Waals surface area contributed by atoms with Gasteiger partial charge in [0.05, 0.1) is 6.26 Å². The highest BCUT2D eigenvalue weighted by Crippen LogP contribution is 2.18. The van der Waals surface area contributed by atoms with E-state index in [1.165, 1.54) is 15.5 Å². The van der Waals surface area contributed by atoms with Gasteiger partial charge in [-0.1, -0.05) is 12.1 Å². The molecule has 2 rings (SSSR count). The first-order chi connectivity index (χ1) is 11.4. The molecule has 1 aromatic rings. The van der Waals surface area contributed by atoms with Crippen LogP contribution in [-0.2, 0) is 14.8 Å². The number of rotatable bonds is 6. The van der Waals surface area contributed by atoms with Crippen LogP contribution in [0, 0.1) is 5.92 Å². The van der Waals surface area contributed by atoms with E-state index in [1.54, 1.807) is 23.9 Å². The lowest BCUT2D eigenvalue weighted by Gasteiger charge is -2.30. The van der Waals surface area contributed by atoms with E-state index in [0.717, 1.165) is 18.4 Å². The Bertz CT molecular complexity index is 676. The number of amides is 1. The van der Waals surface area contributed by atoms with Crippen LogP contribution in [0.2, 0.25) is 0 Å². The van der Waals surface area contributed by atoms with Crippen LogP contribution in [0.3, 0.4) is 0 Å². The van der Waals surface area contributed by atoms with E-state index in [1.807, 2.05) is 30.5 Å². The first-order valence-corrected chi connectivity index (χ1v) is 11.0. The fourth-order valence-corrected chi connectivity index (χ4v) is 3.92. The van der Waals surface area contributed by atoms with E-state index in [9.17, 15) is 13.2 Å². The van der Waals surface area contributed by atoms with E-state index in [-0.39, 0.29) is 5.91 Å². The van der Waals surface area contributed by atoms with Crippen LogP contribution < -0.4 is 5.32 Å². The third kappa shape index (κ3) is 5.96. The maximum absolute atomic E-state index is 11.9. The first kappa shape index (κ1) is 19.0. The standard InChI is InChI=1S/C17H24N2O3S2/c1-23-16-6-3-14(4-7-16)5-8-17(20)18-13-15-9-11-19(12-10-15)24(2,21)22/h3-8,15H,9-13H2,1-2H3,(H,18,20)/b8-5+. The van der Waals surface area contributed by atoms with Crippen LogP contribution in [0.4, 0.5) is 0 Å². The SMILES string of the molecule is CSc1ccc(/C=C/C(=O)NCC2CCN(S(C)(=O)=O)CC2)cc1. The molecule has 0 spiro atoms. The van der Waals surface area contributed by atoms with Crippen molar-refractivity contribution in [1.29, 1.82) is 0 Å². The minimum Gasteiger partial charge on any atom is -0.352 e. The summed E-state index contributed by atoms with van der Waals surface area (Å²) in [5.41, 5.74) is 0.990. The van der Waals surface area contributed by atoms with E-state index in [0.29, 0.717) is 25.6 Å². The summed E-state index contributed by atoms with van der Waals surface area (Å²) in [6.45, 7) is 1.67. The number of hydrogen-bond acceptors (Lipinski definition) is 4. The molecule has 1 saturated heterocycles. The second kappa shape index (κ2) is 8.69. The molecule has 0 saturated carbocycles. The Balaban J connectivity index is 1.74. The maximum atomic E-state index is 11.9. The summed E-state index contributed by atoms with van der Waals surface area (Å²) in [6, 6.07) is 8.02. The minimum atomic E-state index is -3.09. The van der Waals surface area contributed by atoms with Gasteiger partial charge in [0.1, 0.15) is 0 Å². The molecule has 0 radical (unpaired) electrons. The predicted molar refractivity (Wildman–Crippen MR) is 99.4 cm³/mol. The Hall–Kier alpha value is -1.31. The molecule has 5 nitrogen and oxygen atoms in total. The number of nitrogens with zero attached hydrogens (tertiary/aromatic N) is 1. The van der Waals surface area contributed by atoms with Crippen molar-refractivity contribution in [3.63, 3.8) is 0 Å². The number of nitrogens with one attached hydrogen (secondary N) is 1. The molecule has 1 amide bonds. The van der Waals surface area contributed by atoms with Crippen molar-refractivity contribution in [3.05, 3.63) is 35.9 Å². The van der Waals surface area contributed by atoms with Gasteiger partial charge in [0.2, 0.25) is 15.9 Å². The highest BCUT2D eigenvalue weighted by molar-refractivity contribution is 7.98. The van der Waals surface area contributed by atoms with E-state index in [4.69, 9.17) is 0 Å². The van der Waals surface area contributed by atoms with Gasteiger partial charge in [-0.3, -0.25) is 4.79 Å². The van der Waals surface area contributed by atoms with Crippen LogP contribution in [0.1, 0.15) is 18.4 Å². The zero-order valence-corrected chi connectivity index (χ0v) is 15.7. The monoisotopic (exact) mass is 368 g/mol. The molecule has 0 aromatic heterocycles. The minimum absolute atomic E-state index is 0.116. The average Bonchev–Trinajstić information content (AvgIpc) is 2.58. The molecule has 1 aliphatic rings. The summed E-state index contributed by atoms with van der Waals surface area (Å²) in [5, 5.41) is 2.90. The van der Waals surface area contributed by atoms with Crippen molar-refractivity contribution in [2.75, 3.05) is 32.1 Å². The normalized spacial score (nSPS) is 17.2. The largest absolute Gasteiger partial charge is 0.352 e. The number of piperidine rings is 1. The van der Waals surface area contributed by atoms with Crippen molar-refractivity contribution < 1.29 is 13.2 Å². The second-order valence-corrected chi connectivity index (χ2v) is 8.82. The molecular formula is C17H24N2O3S2. The summed E-state index contributed by atoms with van der Waals surface area (Å²) < 4.78 is 24.4. The first-order valence-electron chi connectivity index (χ1n) is 7.93. The number of thioether (sulfide) groups is 1. The number of carbonyl (C=O) groups excluding carboxylic acids is 1. The van der Waals surface area contributed by atoms with Crippen molar-refractivity contribution in [2.24, 2.45) is 5.92 Å². The van der Waals surface area contributed by atoms with Crippen molar-refractivity contribution in [3.8, 4) is 0 Å². The zero-order valence-electron chi connectivity index (χ0n) is 14.1. The van der Waals surface area contributed by atoms with Crippen molar-refractivity contribution in [1.82, 2.24) is 9.62 Å². The molecule has 24 heavy (non-hydrogen) atoms. The number of sulfonamides is 1. The van der Waals surface area contributed by atoms with Gasteiger partial charge >= 0.3 is 0 Å². The van der Waals surface area contributed by atoms with Crippen LogP contribution in [0.5, 0.6) is 0 Å². The van der Waals surface area contributed by atoms with Gasteiger partial charge in [-0.25, -0.2) is 12.7 Å². The molecule has 0 bridgehead atoms. The number of benzene rings is 1. The summed E-state index contributed by atoms with van der Waals surface area (Å²) >= 11 is 1.68. The van der Waals surface area contributed by atoms with Crippen molar-refractivity contribution in [2.45, 2.75) is 17.7 Å². The topological polar surface area (TPSA) is 66.5 Å². The molecule has 0 atom stereocenters. The lowest BCUT2D eigenvalue weighted by Crippen LogP contribution is -2.40. The van der Waals surface area contributed by atoms with E-state index >= 15 is 0 Å². The van der Waals surface area contributed by atoms with Crippen LogP contribution in [-0.4, -0.2) is 50.8 Å². The number of carbonyl (C=O) groups is 1. The van der Waals surface area contributed by atoms with E-state index in [2.05, 4.69) is 5.32 Å². The summed E-state index contributed by atoms with van der Waals surface area (Å²) in [5.74, 6) is 0.218. The van der Waals surface area contributed by atoms with Gasteiger partial charge in [-0.15, -0.1) is 11.8 Å². The van der Waals surface area contributed by atoms with Crippen LogP contribution in [0.15, 0.2) is 35.2 Å². The van der Waals surface area contributed by atoms with Gasteiger partial charge in [0.25, 0.3) is 0 Å². The summed E-state index contributed by atoms with van der Waals surface area (Å²) in [6.07, 6.45) is 8.18. The molecule has 1 aromatic carbocycles. The molecule has 1 N–H and O–H groups in total. The molecule has 1 heterocycles. The number of hydrogen-bond donors (Lipinski definition) is 1. The molecular weight excluding hydrogens is 344 g/mol. The maximum Gasteiger partial charge on any atom is 0.244 e. The third-order valence-corrected chi connectivity index (χ3v) is 6.20. The molecule has 7 heteroatoms. The molecule has 1 aliphatic heterocycles. The molecule has 0 aliphatic carbocycles. The fourth-order valence-electron chi connectivity index (χ4n) is 2.64. The van der Waals surface area contributed by atoms with E-state index < -0.39 is 10.0 Å². The summed E-state index contributed by atoms with van der Waals surface area (Å²) in [7, 11) is -3.09. The summed E-state index contributed by atoms with van der Waals surface area (Å²) in [4.78, 5) is 13.1. The third-order valence-electron chi connectivity index (χ3n) is 4.15. The lowest BCUT2D eigenvalue weighted by atomic mass is 9.98. The molecule has 132 valence electrons. The Labute approximate surface area is 148 Å². The predicted octanol–water partition coefficient (Wildman–Crippen LogP) is 2.21. The highest BCUT2D eigenvalue weighted by Gasteiger charge is 2.24. The van der Waals surface area contributed by atoms with Gasteiger partial charge in [0.15, 0.2) is 0 Å². The van der Waals surface area contributed by atoms with Gasteiger partial charge in [-0.2, -0.15) is 0 Å². The smallest absolute Gasteiger partial charge is 0.244 e. The van der Waals surface area contributed by atoms with Crippen LogP contribution in [0.25, 0.3) is 6.08 Å². The highest BCUT2D eigenvalue weighted by atomic mass is 32.2. The Morgan fingerprint density at radius 2 is 1.92 bits per heavy atom. The van der Waals surface area contributed by atoms with Crippen molar-refractivity contribution >= 4 is 33.8 Å². The Kier molecular flexibility index (Phi) is 6.89. The fraction of sp³-hybridized carbons (Fsp3) is 0.471. The molecule has 1 fully saturated rings. The quantitative estimate of drug-likeness (QED) is 0.618. The van der Waals surface area contributed by atoms with Gasteiger partial charge in [-0.05, 0) is 48.8 Å². The van der Waals surface area contributed by atoms with Crippen LogP contribution >= 0.6 is 11.8 Å². The van der Waals surface area contributed by atoms with Gasteiger partial charge in [0, 0.05) is 30.6 Å². The lowest BCUT2D eigenvalue weighted by molar-refractivity contribution is -0.116. The zero-order chi connectivity index (χ0) is 17.6. The second-order valence-electron chi connectivity index (χ2n) is 5.96. The Morgan fingerprint density at radius 3 is 2.46 bits per heavy atom. The Morgan fingerprint density at radius 1 is 1.29 bits per heavy atom. The van der Waals surface area contributed by atoms with Gasteiger partial charge < -0.3 is 5.32 Å². The average molecular weight is 369 g/mol.